The number of benzene rings is 1. The molecule has 2 amide bonds. The number of likely N-dealkylation sites (tertiary alicyclic amines) is 1. The number of hydrogen-bond acceptors (Lipinski definition) is 4. The highest BCUT2D eigenvalue weighted by Crippen LogP contribution is 2.23. The van der Waals surface area contributed by atoms with Crippen LogP contribution in [0.5, 0.6) is 0 Å². The summed E-state index contributed by atoms with van der Waals surface area (Å²) in [5, 5.41) is 16.3. The number of aliphatic carboxylic acids is 1. The first kappa shape index (κ1) is 16.9. The van der Waals surface area contributed by atoms with E-state index in [1.807, 2.05) is 19.1 Å². The lowest BCUT2D eigenvalue weighted by Gasteiger charge is -2.34. The Morgan fingerprint density at radius 2 is 2.12 bits per heavy atom. The number of rotatable bonds is 3. The van der Waals surface area contributed by atoms with Crippen LogP contribution in [0, 0.1) is 11.8 Å². The summed E-state index contributed by atoms with van der Waals surface area (Å²) in [6.07, 6.45) is 2.21. The number of anilines is 1. The quantitative estimate of drug-likeness (QED) is 0.888. The number of aryl methyl sites for hydroxylation is 1. The number of carbonyl (C=O) groups is 2. The Hall–Kier alpha value is -2.90. The molecule has 1 aromatic carbocycles. The Bertz CT molecular complexity index is 788. The maximum absolute atomic E-state index is 12.5. The fourth-order valence-electron chi connectivity index (χ4n) is 3.11. The molecule has 3 rings (SSSR count). The zero-order chi connectivity index (χ0) is 18.0. The topological polar surface area (TPSA) is 100 Å². The van der Waals surface area contributed by atoms with Gasteiger partial charge in [-0.05, 0) is 24.5 Å². The molecule has 132 valence electrons. The predicted octanol–water partition coefficient (Wildman–Crippen LogP) is 2.06. The van der Waals surface area contributed by atoms with Crippen LogP contribution in [-0.2, 0) is 11.8 Å². The van der Waals surface area contributed by atoms with Gasteiger partial charge in [0.25, 0.3) is 0 Å². The molecule has 0 aliphatic carbocycles. The lowest BCUT2D eigenvalue weighted by atomic mass is 9.91. The summed E-state index contributed by atoms with van der Waals surface area (Å²) in [5.74, 6) is -0.632. The molecule has 1 fully saturated rings. The highest BCUT2D eigenvalue weighted by molar-refractivity contribution is 5.90. The number of piperidine rings is 1. The van der Waals surface area contributed by atoms with Crippen LogP contribution in [0.25, 0.3) is 11.4 Å². The molecule has 2 heterocycles. The van der Waals surface area contributed by atoms with Gasteiger partial charge >= 0.3 is 12.0 Å². The summed E-state index contributed by atoms with van der Waals surface area (Å²) in [7, 11) is 1.79. The zero-order valence-corrected chi connectivity index (χ0v) is 14.2. The first-order valence-electron chi connectivity index (χ1n) is 8.17. The Morgan fingerprint density at radius 3 is 2.80 bits per heavy atom. The van der Waals surface area contributed by atoms with Crippen molar-refractivity contribution in [3.05, 3.63) is 30.6 Å². The second-order valence-electron chi connectivity index (χ2n) is 6.53. The molecule has 1 aliphatic rings. The van der Waals surface area contributed by atoms with E-state index in [0.717, 1.165) is 5.56 Å². The monoisotopic (exact) mass is 343 g/mol. The first-order chi connectivity index (χ1) is 11.9. The van der Waals surface area contributed by atoms with Crippen molar-refractivity contribution in [2.24, 2.45) is 18.9 Å². The second-order valence-corrected chi connectivity index (χ2v) is 6.53. The van der Waals surface area contributed by atoms with E-state index in [1.54, 1.807) is 35.1 Å². The Kier molecular flexibility index (Phi) is 4.69. The Balaban J connectivity index is 1.71. The molecule has 2 atom stereocenters. The maximum atomic E-state index is 12.5. The number of hydrogen-bond donors (Lipinski definition) is 2. The van der Waals surface area contributed by atoms with E-state index in [2.05, 4.69) is 15.4 Å². The summed E-state index contributed by atoms with van der Waals surface area (Å²) in [4.78, 5) is 29.5. The van der Waals surface area contributed by atoms with Crippen LogP contribution in [0.1, 0.15) is 13.3 Å². The van der Waals surface area contributed by atoms with Crippen LogP contribution in [0.3, 0.4) is 0 Å². The van der Waals surface area contributed by atoms with Gasteiger partial charge in [0.2, 0.25) is 0 Å². The molecule has 0 saturated carbocycles. The normalized spacial score (nSPS) is 20.3. The summed E-state index contributed by atoms with van der Waals surface area (Å²) in [5.41, 5.74) is 1.42. The lowest BCUT2D eigenvalue weighted by molar-refractivity contribution is -0.143. The second kappa shape index (κ2) is 6.92. The van der Waals surface area contributed by atoms with E-state index in [4.69, 9.17) is 0 Å². The van der Waals surface area contributed by atoms with Crippen LogP contribution < -0.4 is 5.32 Å². The molecule has 0 radical (unpaired) electrons. The van der Waals surface area contributed by atoms with Gasteiger partial charge in [0, 0.05) is 31.4 Å². The average Bonchev–Trinajstić information content (AvgIpc) is 3.01. The molecule has 0 bridgehead atoms. The SMILES string of the molecule is CC1CC(C(=O)O)CN(C(=O)Nc2cccc(-c3ncn(C)n3)c2)C1. The number of carbonyl (C=O) groups excluding carboxylic acids is 1. The van der Waals surface area contributed by atoms with Crippen LogP contribution in [0.4, 0.5) is 10.5 Å². The van der Waals surface area contributed by atoms with Gasteiger partial charge in [-0.3, -0.25) is 9.48 Å². The molecule has 2 aromatic rings. The molecule has 1 aliphatic heterocycles. The molecule has 25 heavy (non-hydrogen) atoms. The van der Waals surface area contributed by atoms with E-state index in [1.165, 1.54) is 0 Å². The third kappa shape index (κ3) is 3.96. The van der Waals surface area contributed by atoms with Crippen molar-refractivity contribution in [2.75, 3.05) is 18.4 Å². The highest BCUT2D eigenvalue weighted by Gasteiger charge is 2.31. The summed E-state index contributed by atoms with van der Waals surface area (Å²) < 4.78 is 1.61. The lowest BCUT2D eigenvalue weighted by Crippen LogP contribution is -2.47. The van der Waals surface area contributed by atoms with Gasteiger partial charge in [0.15, 0.2) is 5.82 Å². The van der Waals surface area contributed by atoms with Crippen LogP contribution in [0.15, 0.2) is 30.6 Å². The molecule has 1 saturated heterocycles. The van der Waals surface area contributed by atoms with Gasteiger partial charge in [-0.15, -0.1) is 0 Å². The van der Waals surface area contributed by atoms with E-state index < -0.39 is 11.9 Å². The number of nitrogens with zero attached hydrogens (tertiary/aromatic N) is 4. The molecular formula is C17H21N5O3. The molecular weight excluding hydrogens is 322 g/mol. The van der Waals surface area contributed by atoms with E-state index in [0.29, 0.717) is 24.5 Å². The van der Waals surface area contributed by atoms with Crippen molar-refractivity contribution in [3.8, 4) is 11.4 Å². The van der Waals surface area contributed by atoms with Gasteiger partial charge in [0.1, 0.15) is 6.33 Å². The number of carboxylic acids is 1. The molecule has 2 N–H and O–H groups in total. The van der Waals surface area contributed by atoms with Crippen LogP contribution in [-0.4, -0.2) is 49.9 Å². The van der Waals surface area contributed by atoms with Crippen molar-refractivity contribution >= 4 is 17.7 Å². The molecule has 2 unspecified atom stereocenters. The van der Waals surface area contributed by atoms with Crippen LogP contribution >= 0.6 is 0 Å². The van der Waals surface area contributed by atoms with Crippen molar-refractivity contribution in [1.29, 1.82) is 0 Å². The minimum Gasteiger partial charge on any atom is -0.481 e. The minimum absolute atomic E-state index is 0.157. The van der Waals surface area contributed by atoms with Gasteiger partial charge in [0.05, 0.1) is 5.92 Å². The largest absolute Gasteiger partial charge is 0.481 e. The van der Waals surface area contributed by atoms with Crippen molar-refractivity contribution < 1.29 is 14.7 Å². The van der Waals surface area contributed by atoms with Crippen molar-refractivity contribution in [1.82, 2.24) is 19.7 Å². The molecule has 8 heteroatoms. The third-order valence-electron chi connectivity index (χ3n) is 4.27. The first-order valence-corrected chi connectivity index (χ1v) is 8.17. The van der Waals surface area contributed by atoms with E-state index in [-0.39, 0.29) is 18.5 Å². The van der Waals surface area contributed by atoms with Crippen molar-refractivity contribution in [3.63, 3.8) is 0 Å². The number of aromatic nitrogens is 3. The fraction of sp³-hybridized carbons (Fsp3) is 0.412. The van der Waals surface area contributed by atoms with Gasteiger partial charge < -0.3 is 15.3 Å². The maximum Gasteiger partial charge on any atom is 0.321 e. The number of nitrogens with one attached hydrogen (secondary N) is 1. The summed E-state index contributed by atoms with van der Waals surface area (Å²) in [6, 6.07) is 6.99. The summed E-state index contributed by atoms with van der Waals surface area (Å²) in [6.45, 7) is 2.74. The van der Waals surface area contributed by atoms with Crippen LogP contribution in [0.2, 0.25) is 0 Å². The number of carboxylic acid groups (broad SMARTS) is 1. The molecule has 0 spiro atoms. The van der Waals surface area contributed by atoms with Crippen molar-refractivity contribution in [2.45, 2.75) is 13.3 Å². The Labute approximate surface area is 145 Å². The Morgan fingerprint density at radius 1 is 1.32 bits per heavy atom. The average molecular weight is 343 g/mol. The smallest absolute Gasteiger partial charge is 0.321 e. The minimum atomic E-state index is -0.854. The van der Waals surface area contributed by atoms with Gasteiger partial charge in [-0.2, -0.15) is 5.10 Å². The number of amides is 2. The zero-order valence-electron chi connectivity index (χ0n) is 14.2. The highest BCUT2D eigenvalue weighted by atomic mass is 16.4. The van der Waals surface area contributed by atoms with Gasteiger partial charge in [-0.25, -0.2) is 9.78 Å². The van der Waals surface area contributed by atoms with E-state index >= 15 is 0 Å². The standard InChI is InChI=1S/C17H21N5O3/c1-11-6-13(16(23)24)9-22(8-11)17(25)19-14-5-3-4-12(7-14)15-18-10-21(2)20-15/h3-5,7,10-11,13H,6,8-9H2,1-2H3,(H,19,25)(H,23,24). The molecule has 8 nitrogen and oxygen atoms in total. The van der Waals surface area contributed by atoms with Gasteiger partial charge in [-0.1, -0.05) is 19.1 Å². The predicted molar refractivity (Wildman–Crippen MR) is 91.9 cm³/mol. The third-order valence-corrected chi connectivity index (χ3v) is 4.27. The summed E-state index contributed by atoms with van der Waals surface area (Å²) >= 11 is 0. The van der Waals surface area contributed by atoms with E-state index in [9.17, 15) is 14.7 Å². The molecule has 1 aromatic heterocycles. The fourth-order valence-corrected chi connectivity index (χ4v) is 3.11. The number of urea groups is 1.